The summed E-state index contributed by atoms with van der Waals surface area (Å²) in [5.41, 5.74) is 0. The van der Waals surface area contributed by atoms with Gasteiger partial charge in [0.1, 0.15) is 0 Å². The van der Waals surface area contributed by atoms with E-state index in [0.717, 1.165) is 32.2 Å². The monoisotopic (exact) mass is 187 g/mol. The molecule has 1 aliphatic heterocycles. The number of aliphatic hydroxyl groups excluding tert-OH is 1. The van der Waals surface area contributed by atoms with E-state index in [1.54, 1.807) is 0 Å². The first-order valence-electron chi connectivity index (χ1n) is 4.80. The molecule has 0 bridgehead atoms. The molecule has 4 nitrogen and oxygen atoms in total. The molecule has 0 aromatic heterocycles. The number of carboxylic acids is 1. The second-order valence-corrected chi connectivity index (χ2v) is 3.53. The zero-order chi connectivity index (χ0) is 9.68. The lowest BCUT2D eigenvalue weighted by Crippen LogP contribution is -2.34. The third-order valence-corrected chi connectivity index (χ3v) is 2.53. The highest BCUT2D eigenvalue weighted by Gasteiger charge is 2.25. The lowest BCUT2D eigenvalue weighted by Gasteiger charge is -2.21. The van der Waals surface area contributed by atoms with E-state index in [-0.39, 0.29) is 13.2 Å². The first-order valence-corrected chi connectivity index (χ1v) is 4.80. The van der Waals surface area contributed by atoms with E-state index in [1.807, 2.05) is 4.90 Å². The van der Waals surface area contributed by atoms with Crippen LogP contribution in [0, 0.1) is 0 Å². The quantitative estimate of drug-likeness (QED) is 0.650. The van der Waals surface area contributed by atoms with Crippen LogP contribution in [0.4, 0.5) is 0 Å². The third-order valence-electron chi connectivity index (χ3n) is 2.53. The number of hydrogen-bond acceptors (Lipinski definition) is 3. The van der Waals surface area contributed by atoms with E-state index >= 15 is 0 Å². The minimum atomic E-state index is -0.754. The van der Waals surface area contributed by atoms with Crippen LogP contribution in [0.15, 0.2) is 0 Å². The lowest BCUT2D eigenvalue weighted by atomic mass is 10.1. The zero-order valence-corrected chi connectivity index (χ0v) is 7.78. The molecule has 1 atom stereocenters. The molecule has 1 aliphatic rings. The van der Waals surface area contributed by atoms with Gasteiger partial charge in [-0.05, 0) is 32.2 Å². The summed E-state index contributed by atoms with van der Waals surface area (Å²) in [6.45, 7) is 1.25. The standard InChI is InChI=1S/C9H17NO3/c11-6-2-4-8-3-1-5-10(8)7-9(12)13/h8,11H,1-7H2,(H,12,13). The third kappa shape index (κ3) is 3.32. The van der Waals surface area contributed by atoms with Gasteiger partial charge >= 0.3 is 5.97 Å². The molecule has 0 saturated carbocycles. The highest BCUT2D eigenvalue weighted by molar-refractivity contribution is 5.69. The first kappa shape index (κ1) is 10.5. The largest absolute Gasteiger partial charge is 0.480 e. The first-order chi connectivity index (χ1) is 6.24. The SMILES string of the molecule is O=C(O)CN1CCCC1CCCO. The van der Waals surface area contributed by atoms with E-state index in [0.29, 0.717) is 6.04 Å². The summed E-state index contributed by atoms with van der Waals surface area (Å²) < 4.78 is 0. The molecule has 0 aromatic carbocycles. The molecule has 1 saturated heterocycles. The molecule has 1 unspecified atom stereocenters. The van der Waals surface area contributed by atoms with Gasteiger partial charge in [-0.1, -0.05) is 0 Å². The van der Waals surface area contributed by atoms with Crippen LogP contribution in [-0.2, 0) is 4.79 Å². The Morgan fingerprint density at radius 3 is 2.92 bits per heavy atom. The van der Waals surface area contributed by atoms with Gasteiger partial charge in [-0.25, -0.2) is 0 Å². The van der Waals surface area contributed by atoms with Crippen molar-refractivity contribution in [2.45, 2.75) is 31.7 Å². The molecule has 0 aromatic rings. The Labute approximate surface area is 78.2 Å². The van der Waals surface area contributed by atoms with Crippen LogP contribution in [0.5, 0.6) is 0 Å². The predicted molar refractivity (Wildman–Crippen MR) is 48.6 cm³/mol. The van der Waals surface area contributed by atoms with Gasteiger partial charge < -0.3 is 10.2 Å². The topological polar surface area (TPSA) is 60.8 Å². The van der Waals surface area contributed by atoms with Gasteiger partial charge in [-0.15, -0.1) is 0 Å². The number of carbonyl (C=O) groups is 1. The van der Waals surface area contributed by atoms with Gasteiger partial charge in [0, 0.05) is 12.6 Å². The van der Waals surface area contributed by atoms with Gasteiger partial charge in [0.2, 0.25) is 0 Å². The molecule has 76 valence electrons. The van der Waals surface area contributed by atoms with Crippen molar-refractivity contribution < 1.29 is 15.0 Å². The Hall–Kier alpha value is -0.610. The van der Waals surface area contributed by atoms with E-state index in [1.165, 1.54) is 0 Å². The van der Waals surface area contributed by atoms with Crippen LogP contribution in [0.1, 0.15) is 25.7 Å². The zero-order valence-electron chi connectivity index (χ0n) is 7.78. The molecule has 4 heteroatoms. The molecule has 0 amide bonds. The van der Waals surface area contributed by atoms with Crippen LogP contribution in [0.25, 0.3) is 0 Å². The number of nitrogens with zero attached hydrogens (tertiary/aromatic N) is 1. The molecule has 1 heterocycles. The maximum atomic E-state index is 10.5. The number of hydrogen-bond donors (Lipinski definition) is 2. The van der Waals surface area contributed by atoms with Crippen molar-refractivity contribution in [1.82, 2.24) is 4.90 Å². The van der Waals surface area contributed by atoms with Crippen LogP contribution >= 0.6 is 0 Å². The highest BCUT2D eigenvalue weighted by Crippen LogP contribution is 2.20. The summed E-state index contributed by atoms with van der Waals surface area (Å²) in [6, 6.07) is 0.378. The second-order valence-electron chi connectivity index (χ2n) is 3.53. The van der Waals surface area contributed by atoms with E-state index < -0.39 is 5.97 Å². The van der Waals surface area contributed by atoms with Gasteiger partial charge in [0.05, 0.1) is 6.54 Å². The second kappa shape index (κ2) is 5.19. The molecule has 13 heavy (non-hydrogen) atoms. The van der Waals surface area contributed by atoms with Crippen molar-refractivity contribution in [2.24, 2.45) is 0 Å². The molecule has 1 rings (SSSR count). The highest BCUT2D eigenvalue weighted by atomic mass is 16.4. The van der Waals surface area contributed by atoms with Gasteiger partial charge in [-0.2, -0.15) is 0 Å². The normalized spacial score (nSPS) is 23.6. The van der Waals surface area contributed by atoms with Crippen LogP contribution < -0.4 is 0 Å². The van der Waals surface area contributed by atoms with Crippen LogP contribution in [0.2, 0.25) is 0 Å². The number of aliphatic hydroxyl groups is 1. The fourth-order valence-corrected chi connectivity index (χ4v) is 1.93. The molecule has 0 spiro atoms. The fraction of sp³-hybridized carbons (Fsp3) is 0.889. The van der Waals surface area contributed by atoms with E-state index in [2.05, 4.69) is 0 Å². The van der Waals surface area contributed by atoms with Crippen molar-refractivity contribution in [3.8, 4) is 0 Å². The van der Waals surface area contributed by atoms with Crippen molar-refractivity contribution in [3.05, 3.63) is 0 Å². The molecular formula is C9H17NO3. The molecular weight excluding hydrogens is 170 g/mol. The van der Waals surface area contributed by atoms with E-state index in [9.17, 15) is 4.79 Å². The Morgan fingerprint density at radius 2 is 2.31 bits per heavy atom. The average molecular weight is 187 g/mol. The van der Waals surface area contributed by atoms with Crippen molar-refractivity contribution in [1.29, 1.82) is 0 Å². The Kier molecular flexibility index (Phi) is 4.18. The van der Waals surface area contributed by atoms with Gasteiger partial charge in [0.25, 0.3) is 0 Å². The molecule has 0 aliphatic carbocycles. The predicted octanol–water partition coefficient (Wildman–Crippen LogP) is 0.308. The fourth-order valence-electron chi connectivity index (χ4n) is 1.93. The van der Waals surface area contributed by atoms with Crippen LogP contribution in [0.3, 0.4) is 0 Å². The summed E-state index contributed by atoms with van der Waals surface area (Å²) in [5.74, 6) is -0.754. The Morgan fingerprint density at radius 1 is 1.54 bits per heavy atom. The Bertz CT molecular complexity index is 172. The maximum absolute atomic E-state index is 10.5. The van der Waals surface area contributed by atoms with Crippen LogP contribution in [-0.4, -0.2) is 46.8 Å². The number of likely N-dealkylation sites (tertiary alicyclic amines) is 1. The van der Waals surface area contributed by atoms with Gasteiger partial charge in [0.15, 0.2) is 0 Å². The summed E-state index contributed by atoms with van der Waals surface area (Å²) in [6.07, 6.45) is 3.86. The Balaban J connectivity index is 2.30. The summed E-state index contributed by atoms with van der Waals surface area (Å²) in [4.78, 5) is 12.5. The molecule has 0 radical (unpaired) electrons. The summed E-state index contributed by atoms with van der Waals surface area (Å²) >= 11 is 0. The lowest BCUT2D eigenvalue weighted by molar-refractivity contribution is -0.138. The maximum Gasteiger partial charge on any atom is 0.317 e. The smallest absolute Gasteiger partial charge is 0.317 e. The van der Waals surface area contributed by atoms with E-state index in [4.69, 9.17) is 10.2 Å². The summed E-state index contributed by atoms with van der Waals surface area (Å²) in [7, 11) is 0. The minimum absolute atomic E-state index is 0.149. The number of rotatable bonds is 5. The minimum Gasteiger partial charge on any atom is -0.480 e. The molecule has 1 fully saturated rings. The van der Waals surface area contributed by atoms with Gasteiger partial charge in [-0.3, -0.25) is 9.69 Å². The van der Waals surface area contributed by atoms with Crippen molar-refractivity contribution in [2.75, 3.05) is 19.7 Å². The number of aliphatic carboxylic acids is 1. The average Bonchev–Trinajstić information content (AvgIpc) is 2.48. The van der Waals surface area contributed by atoms with Crippen molar-refractivity contribution >= 4 is 5.97 Å². The number of carboxylic acid groups (broad SMARTS) is 1. The molecule has 2 N–H and O–H groups in total. The van der Waals surface area contributed by atoms with Crippen molar-refractivity contribution in [3.63, 3.8) is 0 Å². The summed E-state index contributed by atoms with van der Waals surface area (Å²) in [5, 5.41) is 17.3.